The highest BCUT2D eigenvalue weighted by Crippen LogP contribution is 2.27. The van der Waals surface area contributed by atoms with Gasteiger partial charge >= 0.3 is 0 Å². The number of unbranched alkanes of at least 4 members (excludes halogenated alkanes) is 1. The number of hydrogen-bond acceptors (Lipinski definition) is 2. The third-order valence-corrected chi connectivity index (χ3v) is 4.46. The highest BCUT2D eigenvalue weighted by Gasteiger charge is 2.23. The summed E-state index contributed by atoms with van der Waals surface area (Å²) in [6, 6.07) is 3.15. The minimum Gasteiger partial charge on any atom is -0.491 e. The first-order valence-corrected chi connectivity index (χ1v) is 8.90. The van der Waals surface area contributed by atoms with Gasteiger partial charge in [0.1, 0.15) is 0 Å². The molecule has 1 aliphatic heterocycles. The lowest BCUT2D eigenvalue weighted by Crippen LogP contribution is -2.10. The molecule has 2 nitrogen and oxygen atoms in total. The lowest BCUT2D eigenvalue weighted by molar-refractivity contribution is 0.0346. The van der Waals surface area contributed by atoms with E-state index in [2.05, 4.69) is 6.92 Å². The molecule has 0 amide bonds. The molecule has 1 fully saturated rings. The van der Waals surface area contributed by atoms with Crippen molar-refractivity contribution in [1.82, 2.24) is 0 Å². The maximum absolute atomic E-state index is 14.0. The zero-order chi connectivity index (χ0) is 16.7. The first kappa shape index (κ1) is 18.2. The van der Waals surface area contributed by atoms with Crippen LogP contribution in [0.25, 0.3) is 0 Å². The average molecular weight is 326 g/mol. The van der Waals surface area contributed by atoms with Crippen LogP contribution in [0, 0.1) is 11.6 Å². The lowest BCUT2D eigenvalue weighted by Gasteiger charge is -2.13. The highest BCUT2D eigenvalue weighted by atomic mass is 19.2. The van der Waals surface area contributed by atoms with Crippen LogP contribution in [0.5, 0.6) is 5.75 Å². The summed E-state index contributed by atoms with van der Waals surface area (Å²) >= 11 is 0. The van der Waals surface area contributed by atoms with Crippen LogP contribution in [0.4, 0.5) is 8.78 Å². The van der Waals surface area contributed by atoms with Crippen LogP contribution in [0.2, 0.25) is 0 Å². The minimum absolute atomic E-state index is 0.00456. The van der Waals surface area contributed by atoms with E-state index in [1.807, 2.05) is 0 Å². The van der Waals surface area contributed by atoms with Crippen molar-refractivity contribution < 1.29 is 18.3 Å². The van der Waals surface area contributed by atoms with E-state index < -0.39 is 11.6 Å². The molecule has 0 bridgehead atoms. The second-order valence-electron chi connectivity index (χ2n) is 6.28. The molecule has 1 aromatic carbocycles. The van der Waals surface area contributed by atoms with Gasteiger partial charge in [-0.3, -0.25) is 0 Å². The zero-order valence-corrected chi connectivity index (χ0v) is 14.2. The number of halogens is 2. The fourth-order valence-corrected chi connectivity index (χ4v) is 3.25. The van der Waals surface area contributed by atoms with Crippen LogP contribution in [-0.2, 0) is 11.2 Å². The van der Waals surface area contributed by atoms with Crippen LogP contribution >= 0.6 is 0 Å². The van der Waals surface area contributed by atoms with Gasteiger partial charge in [-0.15, -0.1) is 0 Å². The fourth-order valence-electron chi connectivity index (χ4n) is 3.25. The highest BCUT2D eigenvalue weighted by molar-refractivity contribution is 5.31. The molecule has 0 spiro atoms. The molecule has 0 radical (unpaired) electrons. The predicted octanol–water partition coefficient (Wildman–Crippen LogP) is 5.42. The van der Waals surface area contributed by atoms with Crippen molar-refractivity contribution in [3.63, 3.8) is 0 Å². The van der Waals surface area contributed by atoms with Gasteiger partial charge in [0, 0.05) is 0 Å². The molecule has 130 valence electrons. The van der Waals surface area contributed by atoms with Crippen LogP contribution in [0.1, 0.15) is 64.4 Å². The first-order chi connectivity index (χ1) is 11.2. The van der Waals surface area contributed by atoms with Gasteiger partial charge in [-0.2, -0.15) is 4.39 Å². The summed E-state index contributed by atoms with van der Waals surface area (Å²) in [5.41, 5.74) is 0.433. The van der Waals surface area contributed by atoms with E-state index in [4.69, 9.17) is 9.47 Å². The van der Waals surface area contributed by atoms with E-state index in [9.17, 15) is 8.78 Å². The second-order valence-corrected chi connectivity index (χ2v) is 6.28. The summed E-state index contributed by atoms with van der Waals surface area (Å²) in [7, 11) is 0. The molecule has 1 saturated heterocycles. The van der Waals surface area contributed by atoms with Gasteiger partial charge in [0.15, 0.2) is 11.6 Å². The van der Waals surface area contributed by atoms with Gasteiger partial charge in [-0.05, 0) is 57.1 Å². The number of aryl methyl sites for hydroxylation is 1. The zero-order valence-electron chi connectivity index (χ0n) is 14.2. The largest absolute Gasteiger partial charge is 0.491 e. The van der Waals surface area contributed by atoms with E-state index in [1.165, 1.54) is 12.5 Å². The van der Waals surface area contributed by atoms with E-state index in [1.54, 1.807) is 13.0 Å². The molecule has 1 aliphatic rings. The first-order valence-electron chi connectivity index (χ1n) is 8.90. The van der Waals surface area contributed by atoms with Gasteiger partial charge in [-0.1, -0.05) is 25.8 Å². The van der Waals surface area contributed by atoms with Crippen molar-refractivity contribution in [2.45, 2.75) is 77.4 Å². The summed E-state index contributed by atoms with van der Waals surface area (Å²) in [6.45, 7) is 4.26. The van der Waals surface area contributed by atoms with Crippen LogP contribution < -0.4 is 4.74 Å². The Morgan fingerprint density at radius 3 is 2.48 bits per heavy atom. The molecule has 2 unspecified atom stereocenters. The molecule has 4 heteroatoms. The SMILES string of the molecule is CCCC1CCC(CCCCc2ccc(OCC)c(F)c2F)O1. The van der Waals surface area contributed by atoms with E-state index in [0.717, 1.165) is 38.5 Å². The Balaban J connectivity index is 1.73. The Labute approximate surface area is 138 Å². The van der Waals surface area contributed by atoms with E-state index in [0.29, 0.717) is 30.8 Å². The number of benzene rings is 1. The third-order valence-electron chi connectivity index (χ3n) is 4.46. The Morgan fingerprint density at radius 1 is 1.04 bits per heavy atom. The quantitative estimate of drug-likeness (QED) is 0.564. The maximum Gasteiger partial charge on any atom is 0.200 e. The van der Waals surface area contributed by atoms with Gasteiger partial charge in [0.25, 0.3) is 0 Å². The number of hydrogen-bond donors (Lipinski definition) is 0. The smallest absolute Gasteiger partial charge is 0.200 e. The summed E-state index contributed by atoms with van der Waals surface area (Å²) in [5, 5.41) is 0. The van der Waals surface area contributed by atoms with Crippen molar-refractivity contribution in [2.75, 3.05) is 6.61 Å². The Kier molecular flexibility index (Phi) is 7.28. The van der Waals surface area contributed by atoms with Gasteiger partial charge in [-0.25, -0.2) is 4.39 Å². The molecule has 1 heterocycles. The van der Waals surface area contributed by atoms with Crippen molar-refractivity contribution in [2.24, 2.45) is 0 Å². The molecular formula is C19H28F2O2. The summed E-state index contributed by atoms with van der Waals surface area (Å²) in [5.74, 6) is -1.64. The topological polar surface area (TPSA) is 18.5 Å². The second kappa shape index (κ2) is 9.21. The molecular weight excluding hydrogens is 298 g/mol. The van der Waals surface area contributed by atoms with Crippen molar-refractivity contribution in [3.8, 4) is 5.75 Å². The van der Waals surface area contributed by atoms with Crippen LogP contribution in [0.3, 0.4) is 0 Å². The molecule has 0 N–H and O–H groups in total. The summed E-state index contributed by atoms with van der Waals surface area (Å²) in [6.07, 6.45) is 8.81. The van der Waals surface area contributed by atoms with Crippen molar-refractivity contribution in [3.05, 3.63) is 29.3 Å². The van der Waals surface area contributed by atoms with Gasteiger partial charge in [0.2, 0.25) is 5.82 Å². The Hall–Kier alpha value is -1.16. The summed E-state index contributed by atoms with van der Waals surface area (Å²) < 4.78 is 38.8. The molecule has 0 saturated carbocycles. The number of rotatable bonds is 9. The monoisotopic (exact) mass is 326 g/mol. The van der Waals surface area contributed by atoms with E-state index in [-0.39, 0.29) is 5.75 Å². The van der Waals surface area contributed by atoms with Crippen LogP contribution in [0.15, 0.2) is 12.1 Å². The third kappa shape index (κ3) is 5.17. The molecule has 2 atom stereocenters. The molecule has 23 heavy (non-hydrogen) atoms. The van der Waals surface area contributed by atoms with Gasteiger partial charge in [0.05, 0.1) is 18.8 Å². The van der Waals surface area contributed by atoms with Crippen molar-refractivity contribution >= 4 is 0 Å². The average Bonchev–Trinajstić information content (AvgIpc) is 2.98. The summed E-state index contributed by atoms with van der Waals surface area (Å²) in [4.78, 5) is 0. The Bertz CT molecular complexity index is 491. The van der Waals surface area contributed by atoms with Gasteiger partial charge < -0.3 is 9.47 Å². The molecule has 0 aliphatic carbocycles. The lowest BCUT2D eigenvalue weighted by atomic mass is 10.0. The predicted molar refractivity (Wildman–Crippen MR) is 87.9 cm³/mol. The normalized spacial score (nSPS) is 20.9. The molecule has 0 aromatic heterocycles. The maximum atomic E-state index is 14.0. The number of ether oxygens (including phenoxy) is 2. The van der Waals surface area contributed by atoms with Crippen LogP contribution in [-0.4, -0.2) is 18.8 Å². The van der Waals surface area contributed by atoms with Crippen molar-refractivity contribution in [1.29, 1.82) is 0 Å². The standard InChI is InChI=1S/C19H28F2O2/c1-3-7-15-11-12-16(23-15)9-6-5-8-14-10-13-17(22-4-2)19(21)18(14)20/h10,13,15-16H,3-9,11-12H2,1-2H3. The molecule has 2 rings (SSSR count). The molecule has 1 aromatic rings. The minimum atomic E-state index is -0.870. The van der Waals surface area contributed by atoms with E-state index >= 15 is 0 Å². The fraction of sp³-hybridized carbons (Fsp3) is 0.684. The Morgan fingerprint density at radius 2 is 1.78 bits per heavy atom.